The van der Waals surface area contributed by atoms with Gasteiger partial charge in [-0.1, -0.05) is 0 Å². The van der Waals surface area contributed by atoms with Gasteiger partial charge in [-0.05, 0) is 12.1 Å². The quantitative estimate of drug-likeness (QED) is 0.740. The van der Waals surface area contributed by atoms with Gasteiger partial charge in [-0.15, -0.1) is 0 Å². The minimum absolute atomic E-state index is 0.0405. The molecular weight excluding hydrogens is 190 g/mol. The van der Waals surface area contributed by atoms with Crippen LogP contribution < -0.4 is 5.73 Å². The fraction of sp³-hybridized carbons (Fsp3) is 0.222. The first-order valence-corrected chi connectivity index (χ1v) is 4.08. The zero-order valence-electron chi connectivity index (χ0n) is 7.21. The Hall–Kier alpha value is -1.65. The maximum Gasteiger partial charge on any atom is 0.282 e. The van der Waals surface area contributed by atoms with Crippen molar-refractivity contribution in [2.75, 3.05) is 6.54 Å². The lowest BCUT2D eigenvalue weighted by atomic mass is 10.1. The summed E-state index contributed by atoms with van der Waals surface area (Å²) in [4.78, 5) is 3.77. The third-order valence-corrected chi connectivity index (χ3v) is 1.99. The third kappa shape index (κ3) is 1.53. The Morgan fingerprint density at radius 3 is 2.79 bits per heavy atom. The van der Waals surface area contributed by atoms with Crippen molar-refractivity contribution in [2.45, 2.75) is 6.10 Å². The van der Waals surface area contributed by atoms with Crippen molar-refractivity contribution in [3.05, 3.63) is 35.4 Å². The lowest BCUT2D eigenvalue weighted by Crippen LogP contribution is -2.13. The van der Waals surface area contributed by atoms with Gasteiger partial charge in [0.1, 0.15) is 17.7 Å². The fourth-order valence-corrected chi connectivity index (χ4v) is 1.32. The second-order valence-corrected chi connectivity index (χ2v) is 2.95. The topological polar surface area (TPSA) is 47.6 Å². The minimum Gasteiger partial charge on any atom is -0.455 e. The number of nitrogens with two attached hydrogens (primary N) is 1. The largest absolute Gasteiger partial charge is 0.455 e. The number of aliphatic imine (C=N–C) groups is 1. The highest BCUT2D eigenvalue weighted by atomic mass is 19.1. The maximum atomic E-state index is 13.2. The van der Waals surface area contributed by atoms with Gasteiger partial charge in [-0.3, -0.25) is 0 Å². The molecule has 1 aromatic rings. The first kappa shape index (κ1) is 8.93. The summed E-state index contributed by atoms with van der Waals surface area (Å²) in [6.45, 7) is 0.272. The molecule has 0 amide bonds. The zero-order valence-corrected chi connectivity index (χ0v) is 7.21. The standard InChI is InChI=1S/C9H8F2N2O/c10-5-1-2-6(7(11)3-5)8-4-13-9(12)14-8/h1-3,8H,4H2,(H2,12,13). The van der Waals surface area contributed by atoms with E-state index in [2.05, 4.69) is 4.99 Å². The van der Waals surface area contributed by atoms with E-state index in [9.17, 15) is 8.78 Å². The van der Waals surface area contributed by atoms with Crippen LogP contribution in [0.5, 0.6) is 0 Å². The van der Waals surface area contributed by atoms with Crippen LogP contribution in [0.25, 0.3) is 0 Å². The summed E-state index contributed by atoms with van der Waals surface area (Å²) in [6, 6.07) is 3.37. The number of halogens is 2. The minimum atomic E-state index is -0.639. The molecule has 0 saturated heterocycles. The number of nitrogens with zero attached hydrogens (tertiary/aromatic N) is 1. The molecule has 14 heavy (non-hydrogen) atoms. The number of benzene rings is 1. The molecule has 2 rings (SSSR count). The predicted octanol–water partition coefficient (Wildman–Crippen LogP) is 1.35. The highest BCUT2D eigenvalue weighted by Gasteiger charge is 2.22. The molecule has 1 heterocycles. The van der Waals surface area contributed by atoms with Crippen LogP contribution in [0.4, 0.5) is 8.78 Å². The van der Waals surface area contributed by atoms with Crippen molar-refractivity contribution in [1.29, 1.82) is 0 Å². The van der Waals surface area contributed by atoms with Gasteiger partial charge in [0.2, 0.25) is 0 Å². The van der Waals surface area contributed by atoms with E-state index in [1.54, 1.807) is 0 Å². The van der Waals surface area contributed by atoms with E-state index in [0.717, 1.165) is 6.07 Å². The molecule has 2 N–H and O–H groups in total. The van der Waals surface area contributed by atoms with Crippen LogP contribution in [0.1, 0.15) is 11.7 Å². The molecule has 1 aromatic carbocycles. The number of amidine groups is 1. The monoisotopic (exact) mass is 198 g/mol. The van der Waals surface area contributed by atoms with Crippen LogP contribution >= 0.6 is 0 Å². The van der Waals surface area contributed by atoms with Gasteiger partial charge in [0.25, 0.3) is 6.02 Å². The number of ether oxygens (including phenoxy) is 1. The molecule has 1 atom stereocenters. The number of rotatable bonds is 1. The van der Waals surface area contributed by atoms with Crippen LogP contribution in [0.2, 0.25) is 0 Å². The van der Waals surface area contributed by atoms with E-state index in [4.69, 9.17) is 10.5 Å². The molecule has 0 aliphatic carbocycles. The lowest BCUT2D eigenvalue weighted by Gasteiger charge is -2.10. The second-order valence-electron chi connectivity index (χ2n) is 2.95. The number of hydrogen-bond acceptors (Lipinski definition) is 3. The van der Waals surface area contributed by atoms with E-state index in [1.165, 1.54) is 12.1 Å². The summed E-state index contributed by atoms with van der Waals surface area (Å²) in [6.07, 6.45) is -0.532. The molecule has 0 bridgehead atoms. The van der Waals surface area contributed by atoms with Crippen molar-refractivity contribution in [2.24, 2.45) is 10.7 Å². The van der Waals surface area contributed by atoms with Gasteiger partial charge >= 0.3 is 0 Å². The molecule has 0 saturated carbocycles. The average Bonchev–Trinajstić information content (AvgIpc) is 2.51. The zero-order chi connectivity index (χ0) is 10.1. The second kappa shape index (κ2) is 3.25. The average molecular weight is 198 g/mol. The highest BCUT2D eigenvalue weighted by molar-refractivity contribution is 5.73. The summed E-state index contributed by atoms with van der Waals surface area (Å²) < 4.78 is 30.8. The summed E-state index contributed by atoms with van der Waals surface area (Å²) in [5.74, 6) is -1.25. The molecule has 1 aliphatic rings. The van der Waals surface area contributed by atoms with E-state index in [-0.39, 0.29) is 18.1 Å². The van der Waals surface area contributed by atoms with E-state index in [0.29, 0.717) is 0 Å². The number of hydrogen-bond donors (Lipinski definition) is 1. The van der Waals surface area contributed by atoms with Crippen LogP contribution in [-0.2, 0) is 4.74 Å². The van der Waals surface area contributed by atoms with E-state index < -0.39 is 17.7 Å². The van der Waals surface area contributed by atoms with E-state index in [1.807, 2.05) is 0 Å². The Morgan fingerprint density at radius 2 is 2.21 bits per heavy atom. The molecular formula is C9H8F2N2O. The van der Waals surface area contributed by atoms with Crippen molar-refractivity contribution < 1.29 is 13.5 Å². The Labute approximate surface area is 79.2 Å². The van der Waals surface area contributed by atoms with Crippen LogP contribution in [0.3, 0.4) is 0 Å². The van der Waals surface area contributed by atoms with Gasteiger partial charge in [0.05, 0.1) is 6.54 Å². The van der Waals surface area contributed by atoms with Crippen LogP contribution in [-0.4, -0.2) is 12.6 Å². The molecule has 1 unspecified atom stereocenters. The normalized spacial score (nSPS) is 20.4. The smallest absolute Gasteiger partial charge is 0.282 e. The van der Waals surface area contributed by atoms with Gasteiger partial charge in [-0.2, -0.15) is 0 Å². The molecule has 0 aromatic heterocycles. The molecule has 0 radical (unpaired) electrons. The molecule has 0 fully saturated rings. The van der Waals surface area contributed by atoms with E-state index >= 15 is 0 Å². The summed E-state index contributed by atoms with van der Waals surface area (Å²) >= 11 is 0. The summed E-state index contributed by atoms with van der Waals surface area (Å²) in [5, 5.41) is 0. The Balaban J connectivity index is 2.25. The first-order valence-electron chi connectivity index (χ1n) is 4.08. The maximum absolute atomic E-state index is 13.2. The molecule has 74 valence electrons. The van der Waals surface area contributed by atoms with Gasteiger partial charge in [0, 0.05) is 11.6 Å². The van der Waals surface area contributed by atoms with Crippen LogP contribution in [0.15, 0.2) is 23.2 Å². The first-order chi connectivity index (χ1) is 6.66. The summed E-state index contributed by atoms with van der Waals surface area (Å²) in [5.41, 5.74) is 5.55. The van der Waals surface area contributed by atoms with Crippen molar-refractivity contribution in [3.63, 3.8) is 0 Å². The summed E-state index contributed by atoms with van der Waals surface area (Å²) in [7, 11) is 0. The molecule has 3 nitrogen and oxygen atoms in total. The van der Waals surface area contributed by atoms with Crippen molar-refractivity contribution >= 4 is 6.02 Å². The SMILES string of the molecule is NC1=NCC(c2ccc(F)cc2F)O1. The molecule has 0 spiro atoms. The third-order valence-electron chi connectivity index (χ3n) is 1.99. The lowest BCUT2D eigenvalue weighted by molar-refractivity contribution is 0.220. The van der Waals surface area contributed by atoms with Crippen LogP contribution in [0, 0.1) is 11.6 Å². The van der Waals surface area contributed by atoms with Gasteiger partial charge < -0.3 is 10.5 Å². The van der Waals surface area contributed by atoms with Gasteiger partial charge in [-0.25, -0.2) is 13.8 Å². The molecule has 5 heteroatoms. The Morgan fingerprint density at radius 1 is 1.43 bits per heavy atom. The van der Waals surface area contributed by atoms with Crippen molar-refractivity contribution in [1.82, 2.24) is 0 Å². The Kier molecular flexibility index (Phi) is 2.07. The molecule has 1 aliphatic heterocycles. The van der Waals surface area contributed by atoms with Gasteiger partial charge in [0.15, 0.2) is 0 Å². The highest BCUT2D eigenvalue weighted by Crippen LogP contribution is 2.24. The Bertz CT molecular complexity index is 392. The van der Waals surface area contributed by atoms with Crippen molar-refractivity contribution in [3.8, 4) is 0 Å². The fourth-order valence-electron chi connectivity index (χ4n) is 1.32. The predicted molar refractivity (Wildman–Crippen MR) is 46.7 cm³/mol.